The molecule has 0 spiro atoms. The van der Waals surface area contributed by atoms with E-state index in [9.17, 15) is 9.18 Å². The first-order chi connectivity index (χ1) is 14.8. The molecule has 11 heteroatoms. The molecule has 0 radical (unpaired) electrons. The Morgan fingerprint density at radius 1 is 1.19 bits per heavy atom. The molecule has 31 heavy (non-hydrogen) atoms. The van der Waals surface area contributed by atoms with E-state index >= 15 is 0 Å². The molecule has 0 saturated carbocycles. The molecule has 0 bridgehead atoms. The Hall–Kier alpha value is -2.00. The summed E-state index contributed by atoms with van der Waals surface area (Å²) in [5.41, 5.74) is 0.440. The van der Waals surface area contributed by atoms with Crippen molar-refractivity contribution in [1.82, 2.24) is 14.8 Å². The first-order valence-corrected chi connectivity index (χ1v) is 11.3. The van der Waals surface area contributed by atoms with E-state index in [4.69, 9.17) is 39.5 Å². The van der Waals surface area contributed by atoms with Crippen molar-refractivity contribution in [3.63, 3.8) is 0 Å². The number of carbonyl (C=O) groups is 1. The van der Waals surface area contributed by atoms with Gasteiger partial charge in [-0.15, -0.1) is 10.2 Å². The molecule has 3 rings (SSSR count). The molecule has 1 heterocycles. The maximum absolute atomic E-state index is 13.2. The highest BCUT2D eigenvalue weighted by Crippen LogP contribution is 2.30. The van der Waals surface area contributed by atoms with Crippen LogP contribution in [0.4, 0.5) is 10.1 Å². The van der Waals surface area contributed by atoms with Crippen molar-refractivity contribution < 1.29 is 13.9 Å². The standard InChI is InChI=1S/C20H18Cl3FN4O2S/c1-3-28-19(11(2)30-17-7-5-13(24)9-15(17)23)26-27-20(28)31-10-18(29)25-16-8-12(21)4-6-14(16)22/h4-9,11H,3,10H2,1-2H3,(H,25,29). The third-order valence-corrected chi connectivity index (χ3v) is 5.98. The van der Waals surface area contributed by atoms with Crippen molar-refractivity contribution in [1.29, 1.82) is 0 Å². The topological polar surface area (TPSA) is 69.0 Å². The fourth-order valence-electron chi connectivity index (χ4n) is 2.73. The van der Waals surface area contributed by atoms with Crippen LogP contribution >= 0.6 is 46.6 Å². The highest BCUT2D eigenvalue weighted by atomic mass is 35.5. The van der Waals surface area contributed by atoms with Crippen molar-refractivity contribution in [3.8, 4) is 5.75 Å². The zero-order chi connectivity index (χ0) is 22.5. The van der Waals surface area contributed by atoms with Crippen LogP contribution in [0, 0.1) is 5.82 Å². The summed E-state index contributed by atoms with van der Waals surface area (Å²) in [7, 11) is 0. The molecule has 2 aromatic carbocycles. The van der Waals surface area contributed by atoms with Gasteiger partial charge in [0.25, 0.3) is 0 Å². The molecule has 1 aromatic heterocycles. The van der Waals surface area contributed by atoms with E-state index in [-0.39, 0.29) is 16.7 Å². The van der Waals surface area contributed by atoms with Crippen LogP contribution in [0.25, 0.3) is 0 Å². The second kappa shape index (κ2) is 10.5. The number of aromatic nitrogens is 3. The predicted octanol–water partition coefficient (Wildman–Crippen LogP) is 6.27. The van der Waals surface area contributed by atoms with Gasteiger partial charge in [0.15, 0.2) is 17.1 Å². The summed E-state index contributed by atoms with van der Waals surface area (Å²) in [4.78, 5) is 12.3. The van der Waals surface area contributed by atoms with Gasteiger partial charge in [-0.3, -0.25) is 4.79 Å². The number of amides is 1. The number of hydrogen-bond donors (Lipinski definition) is 1. The monoisotopic (exact) mass is 502 g/mol. The number of hydrogen-bond acceptors (Lipinski definition) is 5. The van der Waals surface area contributed by atoms with E-state index in [1.807, 2.05) is 11.5 Å². The summed E-state index contributed by atoms with van der Waals surface area (Å²) in [6, 6.07) is 8.74. The lowest BCUT2D eigenvalue weighted by molar-refractivity contribution is -0.113. The summed E-state index contributed by atoms with van der Waals surface area (Å²) in [6.07, 6.45) is -0.496. The van der Waals surface area contributed by atoms with E-state index in [0.717, 1.165) is 0 Å². The molecule has 1 amide bonds. The second-order valence-electron chi connectivity index (χ2n) is 6.38. The molecule has 0 saturated heterocycles. The van der Waals surface area contributed by atoms with Crippen LogP contribution in [0.3, 0.4) is 0 Å². The number of benzene rings is 2. The smallest absolute Gasteiger partial charge is 0.234 e. The van der Waals surface area contributed by atoms with Crippen molar-refractivity contribution >= 4 is 58.2 Å². The van der Waals surface area contributed by atoms with E-state index in [2.05, 4.69) is 15.5 Å². The van der Waals surface area contributed by atoms with Crippen LogP contribution < -0.4 is 10.1 Å². The first kappa shape index (κ1) is 23.7. The Morgan fingerprint density at radius 2 is 1.97 bits per heavy atom. The van der Waals surface area contributed by atoms with Gasteiger partial charge in [-0.1, -0.05) is 46.6 Å². The molecular formula is C20H18Cl3FN4O2S. The average molecular weight is 504 g/mol. The van der Waals surface area contributed by atoms with Crippen molar-refractivity contribution in [2.24, 2.45) is 0 Å². The third-order valence-electron chi connectivity index (χ3n) is 4.16. The number of anilines is 1. The molecule has 1 unspecified atom stereocenters. The van der Waals surface area contributed by atoms with Gasteiger partial charge < -0.3 is 14.6 Å². The quantitative estimate of drug-likeness (QED) is 0.367. The van der Waals surface area contributed by atoms with E-state index in [0.29, 0.717) is 39.0 Å². The van der Waals surface area contributed by atoms with Gasteiger partial charge >= 0.3 is 0 Å². The van der Waals surface area contributed by atoms with Crippen LogP contribution in [0.2, 0.25) is 15.1 Å². The number of carbonyl (C=O) groups excluding carboxylic acids is 1. The zero-order valence-electron chi connectivity index (χ0n) is 16.5. The Kier molecular flexibility index (Phi) is 8.05. The number of nitrogens with one attached hydrogen (secondary N) is 1. The zero-order valence-corrected chi connectivity index (χ0v) is 19.6. The van der Waals surface area contributed by atoms with Crippen LogP contribution in [0.1, 0.15) is 25.8 Å². The summed E-state index contributed by atoms with van der Waals surface area (Å²) >= 11 is 19.3. The van der Waals surface area contributed by atoms with Crippen LogP contribution in [0.15, 0.2) is 41.6 Å². The molecule has 3 aromatic rings. The molecule has 0 aliphatic heterocycles. The first-order valence-electron chi connectivity index (χ1n) is 9.21. The van der Waals surface area contributed by atoms with Gasteiger partial charge in [0.05, 0.1) is 21.5 Å². The Balaban J connectivity index is 1.66. The maximum Gasteiger partial charge on any atom is 0.234 e. The minimum absolute atomic E-state index is 0.0972. The highest BCUT2D eigenvalue weighted by Gasteiger charge is 2.20. The molecule has 164 valence electrons. The van der Waals surface area contributed by atoms with Crippen LogP contribution in [0.5, 0.6) is 5.75 Å². The highest BCUT2D eigenvalue weighted by molar-refractivity contribution is 7.99. The lowest BCUT2D eigenvalue weighted by atomic mass is 10.3. The lowest BCUT2D eigenvalue weighted by Gasteiger charge is -2.16. The van der Waals surface area contributed by atoms with E-state index in [1.165, 1.54) is 30.0 Å². The summed E-state index contributed by atoms with van der Waals surface area (Å²) in [5, 5.41) is 12.7. The summed E-state index contributed by atoms with van der Waals surface area (Å²) < 4.78 is 20.9. The molecule has 0 aliphatic rings. The molecule has 0 fully saturated rings. The Labute approximate surface area is 198 Å². The SMILES string of the molecule is CCn1c(SCC(=O)Nc2cc(Cl)ccc2Cl)nnc1C(C)Oc1ccc(F)cc1Cl. The number of nitrogens with zero attached hydrogens (tertiary/aromatic N) is 3. The summed E-state index contributed by atoms with van der Waals surface area (Å²) in [5.74, 6) is 0.290. The van der Waals surface area contributed by atoms with Crippen molar-refractivity contribution in [3.05, 3.63) is 63.1 Å². The number of halogens is 4. The number of rotatable bonds is 8. The van der Waals surface area contributed by atoms with Gasteiger partial charge in [0.2, 0.25) is 5.91 Å². The lowest BCUT2D eigenvalue weighted by Crippen LogP contribution is -2.15. The van der Waals surface area contributed by atoms with Crippen molar-refractivity contribution in [2.75, 3.05) is 11.1 Å². The van der Waals surface area contributed by atoms with Gasteiger partial charge in [0, 0.05) is 11.6 Å². The van der Waals surface area contributed by atoms with Crippen LogP contribution in [-0.4, -0.2) is 26.4 Å². The largest absolute Gasteiger partial charge is 0.481 e. The van der Waals surface area contributed by atoms with Gasteiger partial charge in [-0.25, -0.2) is 4.39 Å². The number of thioether (sulfide) groups is 1. The predicted molar refractivity (Wildman–Crippen MR) is 122 cm³/mol. The van der Waals surface area contributed by atoms with E-state index in [1.54, 1.807) is 25.1 Å². The minimum Gasteiger partial charge on any atom is -0.481 e. The van der Waals surface area contributed by atoms with Crippen molar-refractivity contribution in [2.45, 2.75) is 31.7 Å². The average Bonchev–Trinajstić information content (AvgIpc) is 3.14. The molecule has 0 aliphatic carbocycles. The Bertz CT molecular complexity index is 1100. The molecule has 6 nitrogen and oxygen atoms in total. The molecule has 1 atom stereocenters. The second-order valence-corrected chi connectivity index (χ2v) is 8.57. The normalized spacial score (nSPS) is 11.9. The Morgan fingerprint density at radius 3 is 2.68 bits per heavy atom. The maximum atomic E-state index is 13.2. The molecular weight excluding hydrogens is 486 g/mol. The van der Waals surface area contributed by atoms with Gasteiger partial charge in [-0.2, -0.15) is 0 Å². The third kappa shape index (κ3) is 6.04. The van der Waals surface area contributed by atoms with Gasteiger partial charge in [-0.05, 0) is 50.2 Å². The fraction of sp³-hybridized carbons (Fsp3) is 0.250. The minimum atomic E-state index is -0.496. The van der Waals surface area contributed by atoms with Gasteiger partial charge in [0.1, 0.15) is 11.6 Å². The fourth-order valence-corrected chi connectivity index (χ4v) is 4.09. The number of ether oxygens (including phenoxy) is 1. The van der Waals surface area contributed by atoms with E-state index < -0.39 is 11.9 Å². The molecule has 1 N–H and O–H groups in total. The van der Waals surface area contributed by atoms with Crippen LogP contribution in [-0.2, 0) is 11.3 Å². The summed E-state index contributed by atoms with van der Waals surface area (Å²) in [6.45, 7) is 4.29.